The van der Waals surface area contributed by atoms with Crippen LogP contribution in [0.1, 0.15) is 18.9 Å². The maximum absolute atomic E-state index is 11.9. The number of nitrogens with one attached hydrogen (secondary N) is 1. The molecule has 0 atom stereocenters. The van der Waals surface area contributed by atoms with E-state index in [2.05, 4.69) is 47.1 Å². The van der Waals surface area contributed by atoms with Crippen LogP contribution in [0.2, 0.25) is 0 Å². The topological polar surface area (TPSA) is 41.0 Å². The normalized spacial score (nSPS) is 11.0. The van der Waals surface area contributed by atoms with Crippen LogP contribution in [0, 0.1) is 0 Å². The average Bonchev–Trinajstić information content (AvgIpc) is 2.83. The Balaban J connectivity index is 2.07. The van der Waals surface area contributed by atoms with Gasteiger partial charge in [0.1, 0.15) is 0 Å². The van der Waals surface area contributed by atoms with Gasteiger partial charge in [0, 0.05) is 20.1 Å². The van der Waals surface area contributed by atoms with Crippen molar-refractivity contribution in [2.75, 3.05) is 11.4 Å². The number of rotatable bonds is 5. The first-order valence-electron chi connectivity index (χ1n) is 7.67. The van der Waals surface area contributed by atoms with Crippen LogP contribution in [-0.2, 0) is 13.6 Å². The van der Waals surface area contributed by atoms with Gasteiger partial charge in [-0.05, 0) is 24.1 Å². The number of imidazole rings is 1. The first-order chi connectivity index (χ1) is 10.7. The second kappa shape index (κ2) is 6.10. The molecule has 0 saturated heterocycles. The lowest BCUT2D eigenvalue weighted by atomic mass is 10.1. The third-order valence-electron chi connectivity index (χ3n) is 3.95. The van der Waals surface area contributed by atoms with E-state index in [9.17, 15) is 4.79 Å². The molecule has 1 aromatic heterocycles. The van der Waals surface area contributed by atoms with Crippen molar-refractivity contribution in [3.05, 3.63) is 64.6 Å². The summed E-state index contributed by atoms with van der Waals surface area (Å²) in [4.78, 5) is 17.2. The summed E-state index contributed by atoms with van der Waals surface area (Å²) < 4.78 is 1.69. The predicted octanol–water partition coefficient (Wildman–Crippen LogP) is 3.28. The number of para-hydroxylation sites is 1. The first-order valence-corrected chi connectivity index (χ1v) is 7.67. The third-order valence-corrected chi connectivity index (χ3v) is 3.95. The molecule has 22 heavy (non-hydrogen) atoms. The van der Waals surface area contributed by atoms with E-state index < -0.39 is 0 Å². The number of benzene rings is 2. The summed E-state index contributed by atoms with van der Waals surface area (Å²) in [5.41, 5.74) is 4.16. The van der Waals surface area contributed by atoms with Crippen LogP contribution in [0.5, 0.6) is 0 Å². The van der Waals surface area contributed by atoms with Gasteiger partial charge in [0.05, 0.1) is 16.7 Å². The molecule has 1 heterocycles. The fourth-order valence-corrected chi connectivity index (χ4v) is 2.90. The van der Waals surface area contributed by atoms with Gasteiger partial charge in [-0.2, -0.15) is 0 Å². The van der Waals surface area contributed by atoms with Gasteiger partial charge >= 0.3 is 5.69 Å². The number of anilines is 1. The minimum absolute atomic E-state index is 0.0707. The summed E-state index contributed by atoms with van der Waals surface area (Å²) in [6, 6.07) is 16.5. The highest BCUT2D eigenvalue weighted by molar-refractivity contribution is 5.89. The molecule has 0 fully saturated rings. The number of aromatic nitrogens is 2. The van der Waals surface area contributed by atoms with Gasteiger partial charge < -0.3 is 9.88 Å². The summed E-state index contributed by atoms with van der Waals surface area (Å²) in [6.45, 7) is 3.97. The number of H-pyrrole nitrogens is 1. The number of nitrogens with zero attached hydrogens (tertiary/aromatic N) is 2. The number of fused-ring (bicyclic) bond motifs is 1. The largest absolute Gasteiger partial charge is 0.365 e. The molecule has 114 valence electrons. The SMILES string of the molecule is CCCN(Cc1ccccc1)c1cccc2[nH]c(=O)n(C)c12. The Morgan fingerprint density at radius 3 is 2.59 bits per heavy atom. The Bertz CT molecular complexity index is 817. The Kier molecular flexibility index (Phi) is 4.00. The summed E-state index contributed by atoms with van der Waals surface area (Å²) in [5.74, 6) is 0. The van der Waals surface area contributed by atoms with Crippen molar-refractivity contribution in [2.45, 2.75) is 19.9 Å². The molecule has 0 saturated carbocycles. The zero-order valence-corrected chi connectivity index (χ0v) is 13.0. The van der Waals surface area contributed by atoms with Gasteiger partial charge in [0.2, 0.25) is 0 Å². The van der Waals surface area contributed by atoms with Crippen LogP contribution in [-0.4, -0.2) is 16.1 Å². The highest BCUT2D eigenvalue weighted by atomic mass is 16.1. The van der Waals surface area contributed by atoms with Gasteiger partial charge in [-0.25, -0.2) is 4.79 Å². The van der Waals surface area contributed by atoms with Crippen molar-refractivity contribution in [3.8, 4) is 0 Å². The molecule has 0 aliphatic heterocycles. The van der Waals surface area contributed by atoms with Gasteiger partial charge in [0.25, 0.3) is 0 Å². The smallest absolute Gasteiger partial charge is 0.326 e. The molecule has 3 aromatic rings. The summed E-state index contributed by atoms with van der Waals surface area (Å²) in [7, 11) is 1.82. The third kappa shape index (κ3) is 2.64. The molecule has 0 aliphatic rings. The second-order valence-corrected chi connectivity index (χ2v) is 5.57. The van der Waals surface area contributed by atoms with E-state index in [-0.39, 0.29) is 5.69 Å². The predicted molar refractivity (Wildman–Crippen MR) is 91.3 cm³/mol. The maximum atomic E-state index is 11.9. The second-order valence-electron chi connectivity index (χ2n) is 5.57. The van der Waals surface area contributed by atoms with Crippen LogP contribution in [0.3, 0.4) is 0 Å². The van der Waals surface area contributed by atoms with Crippen molar-refractivity contribution in [1.29, 1.82) is 0 Å². The summed E-state index contributed by atoms with van der Waals surface area (Å²) >= 11 is 0. The van der Waals surface area contributed by atoms with Crippen LogP contribution < -0.4 is 10.6 Å². The lowest BCUT2D eigenvalue weighted by Gasteiger charge is -2.25. The van der Waals surface area contributed by atoms with E-state index in [1.54, 1.807) is 4.57 Å². The molecule has 3 rings (SSSR count). The van der Waals surface area contributed by atoms with E-state index in [4.69, 9.17) is 0 Å². The molecule has 0 unspecified atom stereocenters. The van der Waals surface area contributed by atoms with Gasteiger partial charge in [-0.15, -0.1) is 0 Å². The van der Waals surface area contributed by atoms with E-state index in [0.29, 0.717) is 0 Å². The minimum Gasteiger partial charge on any atom is -0.365 e. The van der Waals surface area contributed by atoms with E-state index >= 15 is 0 Å². The quantitative estimate of drug-likeness (QED) is 0.785. The molecule has 4 nitrogen and oxygen atoms in total. The number of aromatic amines is 1. The molecule has 0 bridgehead atoms. The van der Waals surface area contributed by atoms with Crippen molar-refractivity contribution in [2.24, 2.45) is 7.05 Å². The molecule has 2 aromatic carbocycles. The van der Waals surface area contributed by atoms with Gasteiger partial charge in [-0.1, -0.05) is 43.3 Å². The lowest BCUT2D eigenvalue weighted by molar-refractivity contribution is 0.766. The Hall–Kier alpha value is -2.49. The van der Waals surface area contributed by atoms with Crippen LogP contribution in [0.15, 0.2) is 53.3 Å². The Labute approximate surface area is 130 Å². The highest BCUT2D eigenvalue weighted by Crippen LogP contribution is 2.26. The van der Waals surface area contributed by atoms with Crippen molar-refractivity contribution in [3.63, 3.8) is 0 Å². The molecular weight excluding hydrogens is 274 g/mol. The molecule has 0 aliphatic carbocycles. The lowest BCUT2D eigenvalue weighted by Crippen LogP contribution is -2.24. The standard InChI is InChI=1S/C18H21N3O/c1-3-12-21(13-14-8-5-4-6-9-14)16-11-7-10-15-17(16)20(2)18(22)19-15/h4-11H,3,12-13H2,1-2H3,(H,19,22). The van der Waals surface area contributed by atoms with Crippen LogP contribution in [0.4, 0.5) is 5.69 Å². The van der Waals surface area contributed by atoms with Gasteiger partial charge in [-0.3, -0.25) is 4.57 Å². The maximum Gasteiger partial charge on any atom is 0.326 e. The zero-order valence-electron chi connectivity index (χ0n) is 13.0. The van der Waals surface area contributed by atoms with Crippen LogP contribution in [0.25, 0.3) is 11.0 Å². The van der Waals surface area contributed by atoms with Gasteiger partial charge in [0.15, 0.2) is 0 Å². The van der Waals surface area contributed by atoms with E-state index in [0.717, 1.165) is 36.2 Å². The zero-order chi connectivity index (χ0) is 15.5. The fraction of sp³-hybridized carbons (Fsp3) is 0.278. The minimum atomic E-state index is -0.0707. The fourth-order valence-electron chi connectivity index (χ4n) is 2.90. The molecule has 1 N–H and O–H groups in total. The van der Waals surface area contributed by atoms with E-state index in [1.165, 1.54) is 5.56 Å². The van der Waals surface area contributed by atoms with Crippen molar-refractivity contribution in [1.82, 2.24) is 9.55 Å². The number of hydrogen-bond acceptors (Lipinski definition) is 2. The summed E-state index contributed by atoms with van der Waals surface area (Å²) in [5, 5.41) is 0. The van der Waals surface area contributed by atoms with Crippen LogP contribution >= 0.6 is 0 Å². The molecule has 0 amide bonds. The first kappa shape index (κ1) is 14.4. The summed E-state index contributed by atoms with van der Waals surface area (Å²) in [6.07, 6.45) is 1.06. The molecule has 0 radical (unpaired) electrons. The monoisotopic (exact) mass is 295 g/mol. The highest BCUT2D eigenvalue weighted by Gasteiger charge is 2.14. The van der Waals surface area contributed by atoms with Crippen molar-refractivity contribution < 1.29 is 0 Å². The Morgan fingerprint density at radius 1 is 1.09 bits per heavy atom. The average molecular weight is 295 g/mol. The van der Waals surface area contributed by atoms with E-state index in [1.807, 2.05) is 25.2 Å². The van der Waals surface area contributed by atoms with Crippen molar-refractivity contribution >= 4 is 16.7 Å². The molecule has 4 heteroatoms. The number of hydrogen-bond donors (Lipinski definition) is 1. The Morgan fingerprint density at radius 2 is 1.86 bits per heavy atom. The molecular formula is C18H21N3O. The molecule has 0 spiro atoms. The number of aryl methyl sites for hydroxylation is 1.